The van der Waals surface area contributed by atoms with E-state index in [1.807, 2.05) is 6.07 Å². The molecule has 2 aromatic rings. The Balaban J connectivity index is 2.20. The highest BCUT2D eigenvalue weighted by molar-refractivity contribution is 9.08. The summed E-state index contributed by atoms with van der Waals surface area (Å²) < 4.78 is 0.483. The van der Waals surface area contributed by atoms with E-state index in [4.69, 9.17) is 11.6 Å². The Morgan fingerprint density at radius 3 is 2.89 bits per heavy atom. The maximum atomic E-state index is 10.9. The van der Waals surface area contributed by atoms with Gasteiger partial charge in [0.1, 0.15) is 0 Å². The zero-order valence-electron chi connectivity index (χ0n) is 9.60. The second-order valence-corrected chi connectivity index (χ2v) is 5.89. The Kier molecular flexibility index (Phi) is 4.73. The number of alkyl halides is 1. The summed E-state index contributed by atoms with van der Waals surface area (Å²) in [6, 6.07) is 4.96. The fourth-order valence-corrected chi connectivity index (χ4v) is 3.11. The zero-order chi connectivity index (χ0) is 13.8. The predicted octanol–water partition coefficient (Wildman–Crippen LogP) is 4.21. The van der Waals surface area contributed by atoms with Gasteiger partial charge in [0.05, 0.1) is 17.0 Å². The Bertz CT molecular complexity index is 605. The number of benzene rings is 1. The quantitative estimate of drug-likeness (QED) is 0.491. The van der Waals surface area contributed by atoms with Crippen LogP contribution in [0, 0.1) is 10.1 Å². The number of anilines is 1. The van der Waals surface area contributed by atoms with Crippen LogP contribution in [0.1, 0.15) is 10.4 Å². The normalized spacial score (nSPS) is 10.4. The first-order valence-corrected chi connectivity index (χ1v) is 7.59. The first-order chi connectivity index (χ1) is 9.11. The van der Waals surface area contributed by atoms with Crippen LogP contribution in [-0.2, 0) is 11.9 Å². The molecule has 0 aliphatic heterocycles. The van der Waals surface area contributed by atoms with Gasteiger partial charge in [0.25, 0.3) is 5.69 Å². The third kappa shape index (κ3) is 3.43. The summed E-state index contributed by atoms with van der Waals surface area (Å²) in [5, 5.41) is 14.5. The number of nitrogens with one attached hydrogen (secondary N) is 1. The summed E-state index contributed by atoms with van der Waals surface area (Å²) in [6.45, 7) is 0.533. The summed E-state index contributed by atoms with van der Waals surface area (Å²) in [5.74, 6) is 0. The van der Waals surface area contributed by atoms with E-state index in [-0.39, 0.29) is 10.6 Å². The summed E-state index contributed by atoms with van der Waals surface area (Å²) in [4.78, 5) is 15.5. The molecule has 0 aliphatic rings. The Hall–Kier alpha value is -1.18. The molecule has 0 bridgehead atoms. The average Bonchev–Trinajstić information content (AvgIpc) is 2.81. The lowest BCUT2D eigenvalue weighted by Crippen LogP contribution is -2.03. The maximum Gasteiger partial charge on any atom is 0.275 e. The van der Waals surface area contributed by atoms with Crippen molar-refractivity contribution in [3.8, 4) is 0 Å². The minimum absolute atomic E-state index is 0.101. The molecule has 0 atom stereocenters. The molecule has 1 N–H and O–H groups in total. The van der Waals surface area contributed by atoms with Gasteiger partial charge in [-0.2, -0.15) is 0 Å². The van der Waals surface area contributed by atoms with Crippen molar-refractivity contribution >= 4 is 50.2 Å². The first-order valence-electron chi connectivity index (χ1n) is 5.28. The van der Waals surface area contributed by atoms with Gasteiger partial charge in [-0.1, -0.05) is 33.6 Å². The maximum absolute atomic E-state index is 10.9. The lowest BCUT2D eigenvalue weighted by molar-refractivity contribution is -0.385. The van der Waals surface area contributed by atoms with Crippen molar-refractivity contribution in [3.63, 3.8) is 0 Å². The van der Waals surface area contributed by atoms with E-state index in [0.29, 0.717) is 21.9 Å². The van der Waals surface area contributed by atoms with Gasteiger partial charge in [-0.05, 0) is 6.07 Å². The molecule has 0 amide bonds. The van der Waals surface area contributed by atoms with Crippen molar-refractivity contribution < 1.29 is 4.92 Å². The number of hydrogen-bond donors (Lipinski definition) is 1. The van der Waals surface area contributed by atoms with Crippen molar-refractivity contribution in [2.24, 2.45) is 0 Å². The second-order valence-electron chi connectivity index (χ2n) is 3.63. The molecule has 100 valence electrons. The Labute approximate surface area is 126 Å². The molecule has 0 aliphatic carbocycles. The minimum atomic E-state index is -0.384. The average molecular weight is 363 g/mol. The molecule has 1 heterocycles. The lowest BCUT2D eigenvalue weighted by atomic mass is 10.1. The third-order valence-electron chi connectivity index (χ3n) is 2.46. The molecular formula is C11H9BrClN3O2S. The van der Waals surface area contributed by atoms with Crippen molar-refractivity contribution in [3.05, 3.63) is 49.4 Å². The van der Waals surface area contributed by atoms with E-state index < -0.39 is 0 Å². The molecule has 19 heavy (non-hydrogen) atoms. The highest BCUT2D eigenvalue weighted by atomic mass is 79.9. The number of nitro benzene ring substituents is 1. The molecule has 0 spiro atoms. The molecule has 0 fully saturated rings. The van der Waals surface area contributed by atoms with Crippen LogP contribution in [0.4, 0.5) is 11.4 Å². The van der Waals surface area contributed by atoms with Crippen LogP contribution in [0.15, 0.2) is 24.4 Å². The highest BCUT2D eigenvalue weighted by Gasteiger charge is 2.16. The van der Waals surface area contributed by atoms with Gasteiger partial charge in [0.15, 0.2) is 4.47 Å². The number of thiazole rings is 1. The highest BCUT2D eigenvalue weighted by Crippen LogP contribution is 2.29. The Morgan fingerprint density at radius 2 is 2.32 bits per heavy atom. The molecule has 0 radical (unpaired) electrons. The number of rotatable bonds is 5. The van der Waals surface area contributed by atoms with Crippen LogP contribution in [0.25, 0.3) is 0 Å². The summed E-state index contributed by atoms with van der Waals surface area (Å²) in [6.07, 6.45) is 1.69. The predicted molar refractivity (Wildman–Crippen MR) is 80.2 cm³/mol. The van der Waals surface area contributed by atoms with Crippen molar-refractivity contribution in [1.29, 1.82) is 0 Å². The van der Waals surface area contributed by atoms with Gasteiger partial charge in [0, 0.05) is 28.2 Å². The van der Waals surface area contributed by atoms with Crippen molar-refractivity contribution in [2.75, 3.05) is 5.32 Å². The number of hydrogen-bond acceptors (Lipinski definition) is 5. The number of halogens is 2. The zero-order valence-corrected chi connectivity index (χ0v) is 12.8. The van der Waals surface area contributed by atoms with Gasteiger partial charge >= 0.3 is 0 Å². The topological polar surface area (TPSA) is 68.1 Å². The van der Waals surface area contributed by atoms with Crippen LogP contribution in [0.2, 0.25) is 4.47 Å². The van der Waals surface area contributed by atoms with Crippen molar-refractivity contribution in [1.82, 2.24) is 4.98 Å². The number of aromatic nitrogens is 1. The smallest absolute Gasteiger partial charge is 0.275 e. The molecular weight excluding hydrogens is 354 g/mol. The van der Waals surface area contributed by atoms with Crippen LogP contribution >= 0.6 is 38.9 Å². The fraction of sp³-hybridized carbons (Fsp3) is 0.182. The van der Waals surface area contributed by atoms with Gasteiger partial charge in [0.2, 0.25) is 0 Å². The summed E-state index contributed by atoms with van der Waals surface area (Å²) in [7, 11) is 0. The van der Waals surface area contributed by atoms with E-state index >= 15 is 0 Å². The van der Waals surface area contributed by atoms with E-state index in [2.05, 4.69) is 26.2 Å². The fourth-order valence-electron chi connectivity index (χ4n) is 1.60. The van der Waals surface area contributed by atoms with Gasteiger partial charge in [-0.25, -0.2) is 4.98 Å². The Morgan fingerprint density at radius 1 is 1.53 bits per heavy atom. The van der Waals surface area contributed by atoms with Gasteiger partial charge in [-0.15, -0.1) is 11.3 Å². The number of nitro groups is 1. The van der Waals surface area contributed by atoms with E-state index in [9.17, 15) is 10.1 Å². The van der Waals surface area contributed by atoms with Crippen LogP contribution in [0.3, 0.4) is 0 Å². The first kappa shape index (κ1) is 14.2. The standard InChI is InChI=1S/C11H9BrClN3O2S/c12-4-8-9(2-1-3-10(8)16(17)18)14-5-7-6-15-11(13)19-7/h1-3,6,14H,4-5H2. The van der Waals surface area contributed by atoms with Crippen LogP contribution < -0.4 is 5.32 Å². The molecule has 1 aromatic heterocycles. The summed E-state index contributed by atoms with van der Waals surface area (Å²) in [5.41, 5.74) is 1.46. The van der Waals surface area contributed by atoms with E-state index in [0.717, 1.165) is 10.6 Å². The second kappa shape index (κ2) is 6.31. The molecule has 8 heteroatoms. The van der Waals surface area contributed by atoms with E-state index in [1.165, 1.54) is 17.4 Å². The van der Waals surface area contributed by atoms with Gasteiger partial charge < -0.3 is 5.32 Å². The van der Waals surface area contributed by atoms with Gasteiger partial charge in [-0.3, -0.25) is 10.1 Å². The molecule has 0 saturated heterocycles. The largest absolute Gasteiger partial charge is 0.380 e. The SMILES string of the molecule is O=[N+]([O-])c1cccc(NCc2cnc(Cl)s2)c1CBr. The van der Waals surface area contributed by atoms with E-state index in [1.54, 1.807) is 12.3 Å². The molecule has 0 saturated carbocycles. The molecule has 2 rings (SSSR count). The molecule has 1 aromatic carbocycles. The monoisotopic (exact) mass is 361 g/mol. The minimum Gasteiger partial charge on any atom is -0.380 e. The third-order valence-corrected chi connectivity index (χ3v) is 4.14. The van der Waals surface area contributed by atoms with Crippen LogP contribution in [0.5, 0.6) is 0 Å². The number of nitrogens with zero attached hydrogens (tertiary/aromatic N) is 2. The molecule has 0 unspecified atom stereocenters. The van der Waals surface area contributed by atoms with Crippen LogP contribution in [-0.4, -0.2) is 9.91 Å². The van der Waals surface area contributed by atoms with Crippen molar-refractivity contribution in [2.45, 2.75) is 11.9 Å². The summed E-state index contributed by atoms with van der Waals surface area (Å²) >= 11 is 10.4. The molecule has 5 nitrogen and oxygen atoms in total. The lowest BCUT2D eigenvalue weighted by Gasteiger charge is -2.09.